The van der Waals surface area contributed by atoms with E-state index >= 15 is 0 Å². The highest BCUT2D eigenvalue weighted by Gasteiger charge is 2.71. The van der Waals surface area contributed by atoms with Crippen LogP contribution in [0.3, 0.4) is 0 Å². The molecule has 28 heavy (non-hydrogen) atoms. The van der Waals surface area contributed by atoms with Crippen LogP contribution in [-0.2, 0) is 4.74 Å². The minimum atomic E-state index is -1.18. The van der Waals surface area contributed by atoms with Crippen molar-refractivity contribution in [3.05, 3.63) is 34.9 Å². The van der Waals surface area contributed by atoms with Crippen LogP contribution in [0.5, 0.6) is 11.5 Å². The van der Waals surface area contributed by atoms with Gasteiger partial charge in [-0.15, -0.1) is 0 Å². The predicted octanol–water partition coefficient (Wildman–Crippen LogP) is 4.09. The molecule has 0 spiro atoms. The third-order valence-corrected chi connectivity index (χ3v) is 7.66. The third kappa shape index (κ3) is 2.45. The maximum Gasteiger partial charge on any atom is 0.342 e. The van der Waals surface area contributed by atoms with Gasteiger partial charge in [0.2, 0.25) is 0 Å². The first-order valence-electron chi connectivity index (χ1n) is 10.0. The van der Waals surface area contributed by atoms with Crippen molar-refractivity contribution >= 4 is 5.97 Å². The lowest BCUT2D eigenvalue weighted by atomic mass is 9.44. The Kier molecular flexibility index (Phi) is 3.97. The molecule has 3 N–H and O–H groups in total. The Labute approximate surface area is 166 Å². The molecule has 3 aliphatic carbocycles. The Hall–Kier alpha value is -2.01. The highest BCUT2D eigenvalue weighted by atomic mass is 16.6. The maximum absolute atomic E-state index is 12.8. The van der Waals surface area contributed by atoms with E-state index in [4.69, 9.17) is 4.74 Å². The van der Waals surface area contributed by atoms with Gasteiger partial charge >= 0.3 is 5.97 Å². The molecular formula is C23H30O5. The summed E-state index contributed by atoms with van der Waals surface area (Å²) in [5.74, 6) is -0.264. The summed E-state index contributed by atoms with van der Waals surface area (Å²) >= 11 is 0. The number of esters is 1. The molecule has 5 atom stereocenters. The molecule has 0 saturated heterocycles. The van der Waals surface area contributed by atoms with Gasteiger partial charge in [-0.1, -0.05) is 26.8 Å². The van der Waals surface area contributed by atoms with E-state index in [1.54, 1.807) is 6.92 Å². The summed E-state index contributed by atoms with van der Waals surface area (Å²) in [4.78, 5) is 12.8. The van der Waals surface area contributed by atoms with Crippen LogP contribution in [0.2, 0.25) is 0 Å². The molecule has 0 radical (unpaired) electrons. The molecule has 3 aliphatic rings. The molecule has 0 amide bonds. The molecule has 152 valence electrons. The second-order valence-electron chi connectivity index (χ2n) is 10.1. The van der Waals surface area contributed by atoms with Crippen molar-refractivity contribution in [1.29, 1.82) is 0 Å². The summed E-state index contributed by atoms with van der Waals surface area (Å²) in [6.07, 6.45) is 4.32. The number of aromatic hydroxyl groups is 2. The first-order valence-corrected chi connectivity index (χ1v) is 10.0. The standard InChI is InChI=1S/C23H30O5/c1-12-6-15(24)8-17(25)19(12)20(26)28-18-11-22(5)16-10-21(3,4)9-14(16)7-13(2)23(18,22)27/h6-8,14,16,18,24-25,27H,9-11H2,1-5H3/t14?,16?,18-,22-,23+/m1/s1. The van der Waals surface area contributed by atoms with Crippen LogP contribution in [0, 0.1) is 29.6 Å². The lowest BCUT2D eigenvalue weighted by Gasteiger charge is -2.65. The molecule has 5 nitrogen and oxygen atoms in total. The van der Waals surface area contributed by atoms with Crippen molar-refractivity contribution in [2.75, 3.05) is 0 Å². The number of ether oxygens (including phenoxy) is 1. The van der Waals surface area contributed by atoms with Crippen LogP contribution >= 0.6 is 0 Å². The van der Waals surface area contributed by atoms with Crippen molar-refractivity contribution in [3.63, 3.8) is 0 Å². The number of carbonyl (C=O) groups is 1. The van der Waals surface area contributed by atoms with Crippen LogP contribution in [0.15, 0.2) is 23.8 Å². The first-order chi connectivity index (χ1) is 12.9. The van der Waals surface area contributed by atoms with Crippen LogP contribution in [0.4, 0.5) is 0 Å². The highest BCUT2D eigenvalue weighted by Crippen LogP contribution is 2.68. The van der Waals surface area contributed by atoms with Gasteiger partial charge in [-0.3, -0.25) is 0 Å². The van der Waals surface area contributed by atoms with Crippen molar-refractivity contribution in [1.82, 2.24) is 0 Å². The minimum absolute atomic E-state index is 0.0346. The van der Waals surface area contributed by atoms with E-state index in [1.807, 2.05) is 6.92 Å². The van der Waals surface area contributed by atoms with E-state index in [2.05, 4.69) is 26.8 Å². The molecule has 2 unspecified atom stereocenters. The number of aryl methyl sites for hydroxylation is 1. The summed E-state index contributed by atoms with van der Waals surface area (Å²) in [6, 6.07) is 2.53. The zero-order chi connectivity index (χ0) is 20.6. The fourth-order valence-corrected chi connectivity index (χ4v) is 6.33. The van der Waals surface area contributed by atoms with Crippen LogP contribution in [-0.4, -0.2) is 33.0 Å². The van der Waals surface area contributed by atoms with Crippen molar-refractivity contribution in [2.24, 2.45) is 22.7 Å². The molecule has 0 bridgehead atoms. The predicted molar refractivity (Wildman–Crippen MR) is 105 cm³/mol. The van der Waals surface area contributed by atoms with Gasteiger partial charge in [0.05, 0.1) is 0 Å². The smallest absolute Gasteiger partial charge is 0.342 e. The van der Waals surface area contributed by atoms with Gasteiger partial charge in [0.1, 0.15) is 28.8 Å². The number of hydrogen-bond acceptors (Lipinski definition) is 5. The number of benzene rings is 1. The van der Waals surface area contributed by atoms with E-state index < -0.39 is 17.7 Å². The average Bonchev–Trinajstić information content (AvgIpc) is 2.86. The van der Waals surface area contributed by atoms with Crippen LogP contribution < -0.4 is 0 Å². The number of rotatable bonds is 2. The van der Waals surface area contributed by atoms with Gasteiger partial charge < -0.3 is 20.1 Å². The van der Waals surface area contributed by atoms with E-state index in [0.29, 0.717) is 23.8 Å². The lowest BCUT2D eigenvalue weighted by molar-refractivity contribution is -0.247. The Bertz CT molecular complexity index is 862. The molecule has 5 heteroatoms. The number of phenols is 2. The fourth-order valence-electron chi connectivity index (χ4n) is 6.33. The quantitative estimate of drug-likeness (QED) is 0.526. The molecular weight excluding hydrogens is 356 g/mol. The SMILES string of the molecule is CC1=CC2CC(C)(C)CC2[C@@]2(C)C[C@@H](OC(=O)c3c(C)cc(O)cc3O)[C@@]12O. The van der Waals surface area contributed by atoms with Crippen molar-refractivity contribution in [3.8, 4) is 11.5 Å². The van der Waals surface area contributed by atoms with Gasteiger partial charge in [0.25, 0.3) is 0 Å². The van der Waals surface area contributed by atoms with Crippen molar-refractivity contribution < 1.29 is 24.9 Å². The largest absolute Gasteiger partial charge is 0.508 e. The normalized spacial score (nSPS) is 38.1. The number of allylic oxidation sites excluding steroid dienone is 1. The maximum atomic E-state index is 12.8. The topological polar surface area (TPSA) is 87.0 Å². The lowest BCUT2D eigenvalue weighted by Crippen LogP contribution is -2.72. The molecule has 0 heterocycles. The summed E-state index contributed by atoms with van der Waals surface area (Å²) in [6.45, 7) is 10.2. The second kappa shape index (κ2) is 5.76. The van der Waals surface area contributed by atoms with E-state index in [0.717, 1.165) is 24.5 Å². The molecule has 4 rings (SSSR count). The summed E-state index contributed by atoms with van der Waals surface area (Å²) in [5, 5.41) is 31.3. The monoisotopic (exact) mass is 386 g/mol. The summed E-state index contributed by atoms with van der Waals surface area (Å²) < 4.78 is 5.71. The van der Waals surface area contributed by atoms with Gasteiger partial charge in [0.15, 0.2) is 0 Å². The van der Waals surface area contributed by atoms with Gasteiger partial charge in [-0.05, 0) is 67.6 Å². The van der Waals surface area contributed by atoms with E-state index in [-0.39, 0.29) is 27.9 Å². The molecule has 2 fully saturated rings. The molecule has 1 aromatic carbocycles. The number of fused-ring (bicyclic) bond motifs is 3. The van der Waals surface area contributed by atoms with E-state index in [9.17, 15) is 20.1 Å². The molecule has 0 aromatic heterocycles. The molecule has 1 aromatic rings. The number of aliphatic hydroxyl groups is 1. The summed E-state index contributed by atoms with van der Waals surface area (Å²) in [5.41, 5.74) is 0.102. The molecule has 2 saturated carbocycles. The Morgan fingerprint density at radius 2 is 1.79 bits per heavy atom. The Morgan fingerprint density at radius 3 is 2.43 bits per heavy atom. The van der Waals surface area contributed by atoms with Crippen LogP contribution in [0.25, 0.3) is 0 Å². The highest BCUT2D eigenvalue weighted by molar-refractivity contribution is 5.94. The summed E-state index contributed by atoms with van der Waals surface area (Å²) in [7, 11) is 0. The first kappa shape index (κ1) is 19.3. The van der Waals surface area contributed by atoms with Crippen LogP contribution in [0.1, 0.15) is 62.9 Å². The Balaban J connectivity index is 1.62. The Morgan fingerprint density at radius 1 is 1.11 bits per heavy atom. The van der Waals surface area contributed by atoms with E-state index in [1.165, 1.54) is 6.07 Å². The third-order valence-electron chi connectivity index (χ3n) is 7.66. The zero-order valence-electron chi connectivity index (χ0n) is 17.2. The molecule has 0 aliphatic heterocycles. The van der Waals surface area contributed by atoms with Gasteiger partial charge in [-0.25, -0.2) is 4.79 Å². The van der Waals surface area contributed by atoms with Gasteiger partial charge in [-0.2, -0.15) is 0 Å². The van der Waals surface area contributed by atoms with Gasteiger partial charge in [0, 0.05) is 11.5 Å². The number of hydrogen-bond donors (Lipinski definition) is 3. The zero-order valence-corrected chi connectivity index (χ0v) is 17.2. The average molecular weight is 386 g/mol. The second-order valence-corrected chi connectivity index (χ2v) is 10.1. The van der Waals surface area contributed by atoms with Crippen molar-refractivity contribution in [2.45, 2.75) is 65.6 Å². The fraction of sp³-hybridized carbons (Fsp3) is 0.609. The number of carbonyl (C=O) groups excluding carboxylic acids is 1. The minimum Gasteiger partial charge on any atom is -0.508 e. The number of phenolic OH excluding ortho intramolecular Hbond substituents is 2.